The quantitative estimate of drug-likeness (QED) is 0.822. The largest absolute Gasteiger partial charge is 0.387 e. The average Bonchev–Trinajstić information content (AvgIpc) is 2.59. The summed E-state index contributed by atoms with van der Waals surface area (Å²) >= 11 is 0. The van der Waals surface area contributed by atoms with Gasteiger partial charge < -0.3 is 28.8 Å². The van der Waals surface area contributed by atoms with E-state index in [9.17, 15) is 5.11 Å². The van der Waals surface area contributed by atoms with Gasteiger partial charge in [0.15, 0.2) is 12.1 Å². The normalized spacial score (nSPS) is 51.7. The van der Waals surface area contributed by atoms with Crippen LogP contribution in [-0.2, 0) is 23.7 Å². The fraction of sp³-hybridized carbons (Fsp3) is 1.00. The van der Waals surface area contributed by atoms with Crippen LogP contribution in [0, 0.1) is 17.8 Å². The summed E-state index contributed by atoms with van der Waals surface area (Å²) in [4.78, 5) is 0. The molecule has 0 bridgehead atoms. The van der Waals surface area contributed by atoms with Gasteiger partial charge in [0.05, 0.1) is 31.0 Å². The molecule has 0 amide bonds. The third-order valence-electron chi connectivity index (χ3n) is 6.56. The number of hydrogen-bond donors (Lipinski definition) is 1. The van der Waals surface area contributed by atoms with Crippen LogP contribution in [0.3, 0.4) is 0 Å². The first-order chi connectivity index (χ1) is 12.1. The van der Waals surface area contributed by atoms with E-state index < -0.39 is 18.2 Å². The predicted octanol–water partition coefficient (Wildman–Crippen LogP) is 2.71. The van der Waals surface area contributed by atoms with Gasteiger partial charge in [-0.25, -0.2) is 0 Å². The lowest BCUT2D eigenvalue weighted by Gasteiger charge is -2.51. The summed E-state index contributed by atoms with van der Waals surface area (Å²) in [7, 11) is 0. The van der Waals surface area contributed by atoms with E-state index in [4.69, 9.17) is 23.7 Å². The highest BCUT2D eigenvalue weighted by atomic mass is 16.8. The lowest BCUT2D eigenvalue weighted by molar-refractivity contribution is -0.384. The minimum Gasteiger partial charge on any atom is -0.387 e. The lowest BCUT2D eigenvalue weighted by atomic mass is 9.81. The molecule has 0 spiro atoms. The minimum absolute atomic E-state index is 0.0119. The SMILES string of the molecule is CC[C@H]1O[C@H](C)C(C)C(C)[C@@H]1O[C@@H]1OC2COC(C)(C)O[C@@H]2[C@@H](C)C1O. The van der Waals surface area contributed by atoms with Gasteiger partial charge in [0, 0.05) is 5.92 Å². The first-order valence-corrected chi connectivity index (χ1v) is 10.1. The third-order valence-corrected chi connectivity index (χ3v) is 6.56. The molecule has 6 heteroatoms. The molecule has 6 nitrogen and oxygen atoms in total. The first kappa shape index (κ1) is 20.5. The molecule has 3 aliphatic rings. The van der Waals surface area contributed by atoms with Crippen LogP contribution in [0.5, 0.6) is 0 Å². The molecule has 1 N–H and O–H groups in total. The first-order valence-electron chi connectivity index (χ1n) is 10.1. The molecule has 3 fully saturated rings. The zero-order valence-corrected chi connectivity index (χ0v) is 17.2. The van der Waals surface area contributed by atoms with Crippen molar-refractivity contribution in [2.45, 2.75) is 104 Å². The molecule has 0 aliphatic carbocycles. The van der Waals surface area contributed by atoms with Crippen molar-refractivity contribution in [2.24, 2.45) is 17.8 Å². The lowest BCUT2D eigenvalue weighted by Crippen LogP contribution is -2.63. The van der Waals surface area contributed by atoms with Crippen molar-refractivity contribution < 1.29 is 28.8 Å². The van der Waals surface area contributed by atoms with Crippen LogP contribution in [0.2, 0.25) is 0 Å². The number of aliphatic hydroxyl groups excluding tert-OH is 1. The maximum Gasteiger partial charge on any atom is 0.184 e. The summed E-state index contributed by atoms with van der Waals surface area (Å²) < 4.78 is 30.3. The van der Waals surface area contributed by atoms with E-state index >= 15 is 0 Å². The fourth-order valence-electron chi connectivity index (χ4n) is 4.42. The number of ether oxygens (including phenoxy) is 5. The Bertz CT molecular complexity index is 479. The predicted molar refractivity (Wildman–Crippen MR) is 96.6 cm³/mol. The van der Waals surface area contributed by atoms with Gasteiger partial charge in [-0.1, -0.05) is 27.7 Å². The van der Waals surface area contributed by atoms with Gasteiger partial charge in [-0.05, 0) is 39.0 Å². The standard InChI is InChI=1S/C20H36O6/c1-8-14-17(11(3)10(2)13(5)23-14)25-19-16(21)12(4)18-15(24-19)9-22-20(6,7)26-18/h10-19,21H,8-9H2,1-7H3/t10?,11?,12-,13+,14+,15?,16?,17-,18+,19-/m0/s1. The number of hydrogen-bond acceptors (Lipinski definition) is 6. The van der Waals surface area contributed by atoms with Crippen LogP contribution in [0.15, 0.2) is 0 Å². The molecule has 26 heavy (non-hydrogen) atoms. The molecule has 0 aromatic rings. The molecule has 3 rings (SSSR count). The summed E-state index contributed by atoms with van der Waals surface area (Å²) in [5.41, 5.74) is 0. The van der Waals surface area contributed by atoms with E-state index in [0.717, 1.165) is 6.42 Å². The van der Waals surface area contributed by atoms with Gasteiger partial charge in [-0.2, -0.15) is 0 Å². The van der Waals surface area contributed by atoms with Crippen LogP contribution in [0.4, 0.5) is 0 Å². The highest BCUT2D eigenvalue weighted by Gasteiger charge is 2.51. The molecule has 0 aromatic heterocycles. The van der Waals surface area contributed by atoms with Gasteiger partial charge >= 0.3 is 0 Å². The van der Waals surface area contributed by atoms with E-state index in [0.29, 0.717) is 18.4 Å². The Morgan fingerprint density at radius 2 is 1.73 bits per heavy atom. The zero-order chi connectivity index (χ0) is 19.2. The summed E-state index contributed by atoms with van der Waals surface area (Å²) in [5.74, 6) is -0.0455. The maximum absolute atomic E-state index is 10.8. The smallest absolute Gasteiger partial charge is 0.184 e. The molecule has 152 valence electrons. The van der Waals surface area contributed by atoms with Gasteiger partial charge in [-0.3, -0.25) is 0 Å². The average molecular weight is 373 g/mol. The Morgan fingerprint density at radius 1 is 1.04 bits per heavy atom. The van der Waals surface area contributed by atoms with Gasteiger partial charge in [0.2, 0.25) is 0 Å². The summed E-state index contributed by atoms with van der Waals surface area (Å²) in [5, 5.41) is 10.8. The Morgan fingerprint density at radius 3 is 2.38 bits per heavy atom. The number of rotatable bonds is 3. The van der Waals surface area contributed by atoms with Gasteiger partial charge in [-0.15, -0.1) is 0 Å². The Balaban J connectivity index is 1.71. The Labute approximate surface area is 157 Å². The van der Waals surface area contributed by atoms with Crippen molar-refractivity contribution in [1.29, 1.82) is 0 Å². The Kier molecular flexibility index (Phi) is 6.03. The van der Waals surface area contributed by atoms with E-state index in [1.54, 1.807) is 0 Å². The van der Waals surface area contributed by atoms with Crippen molar-refractivity contribution in [3.63, 3.8) is 0 Å². The summed E-state index contributed by atoms with van der Waals surface area (Å²) in [6.07, 6.45) is -0.879. The van der Waals surface area contributed by atoms with Crippen molar-refractivity contribution in [3.05, 3.63) is 0 Å². The van der Waals surface area contributed by atoms with Crippen molar-refractivity contribution >= 4 is 0 Å². The van der Waals surface area contributed by atoms with Gasteiger partial charge in [0.25, 0.3) is 0 Å². The van der Waals surface area contributed by atoms with Crippen LogP contribution >= 0.6 is 0 Å². The second-order valence-electron chi connectivity index (χ2n) is 8.79. The van der Waals surface area contributed by atoms with Crippen LogP contribution in [0.1, 0.15) is 54.9 Å². The minimum atomic E-state index is -0.746. The molecule has 4 unspecified atom stereocenters. The molecular formula is C20H36O6. The van der Waals surface area contributed by atoms with Gasteiger partial charge in [0.1, 0.15) is 12.2 Å². The van der Waals surface area contributed by atoms with Crippen molar-refractivity contribution in [3.8, 4) is 0 Å². The topological polar surface area (TPSA) is 66.4 Å². The highest BCUT2D eigenvalue weighted by molar-refractivity contribution is 4.93. The third kappa shape index (κ3) is 3.82. The molecule has 3 heterocycles. The number of aliphatic hydroxyl groups is 1. The van der Waals surface area contributed by atoms with E-state index in [-0.39, 0.29) is 36.4 Å². The molecule has 3 aliphatic heterocycles. The van der Waals surface area contributed by atoms with Crippen molar-refractivity contribution in [2.75, 3.05) is 6.61 Å². The van der Waals surface area contributed by atoms with E-state index in [1.165, 1.54) is 0 Å². The molecule has 0 saturated carbocycles. The Hall–Kier alpha value is -0.240. The highest BCUT2D eigenvalue weighted by Crippen LogP contribution is 2.39. The van der Waals surface area contributed by atoms with Crippen molar-refractivity contribution in [1.82, 2.24) is 0 Å². The van der Waals surface area contributed by atoms with Crippen LogP contribution < -0.4 is 0 Å². The number of fused-ring (bicyclic) bond motifs is 1. The molecule has 0 radical (unpaired) electrons. The fourth-order valence-corrected chi connectivity index (χ4v) is 4.42. The molecular weight excluding hydrogens is 336 g/mol. The van der Waals surface area contributed by atoms with E-state index in [1.807, 2.05) is 20.8 Å². The van der Waals surface area contributed by atoms with Crippen LogP contribution in [-0.4, -0.2) is 60.4 Å². The second kappa shape index (κ2) is 7.64. The second-order valence-corrected chi connectivity index (χ2v) is 8.79. The maximum atomic E-state index is 10.8. The zero-order valence-electron chi connectivity index (χ0n) is 17.2. The van der Waals surface area contributed by atoms with E-state index in [2.05, 4.69) is 27.7 Å². The van der Waals surface area contributed by atoms with Crippen LogP contribution in [0.25, 0.3) is 0 Å². The molecule has 10 atom stereocenters. The summed E-state index contributed by atoms with van der Waals surface area (Å²) in [6, 6.07) is 0. The molecule has 0 aromatic carbocycles. The molecule has 3 saturated heterocycles. The summed E-state index contributed by atoms with van der Waals surface area (Å²) in [6.45, 7) is 14.8. The monoisotopic (exact) mass is 372 g/mol.